The molecule has 0 saturated heterocycles. The second-order valence-electron chi connectivity index (χ2n) is 6.33. The number of nitrogens with zero attached hydrogens (tertiary/aromatic N) is 4. The average molecular weight is 364 g/mol. The highest BCUT2D eigenvalue weighted by Crippen LogP contribution is 2.37. The number of rotatable bonds is 6. The van der Waals surface area contributed by atoms with Crippen LogP contribution in [0, 0.1) is 6.92 Å². The quantitative estimate of drug-likeness (QED) is 0.681. The van der Waals surface area contributed by atoms with Gasteiger partial charge in [-0.1, -0.05) is 6.07 Å². The zero-order valence-electron chi connectivity index (χ0n) is 15.5. The van der Waals surface area contributed by atoms with Crippen molar-refractivity contribution in [3.63, 3.8) is 0 Å². The predicted octanol–water partition coefficient (Wildman–Crippen LogP) is 3.22. The summed E-state index contributed by atoms with van der Waals surface area (Å²) >= 11 is 0. The van der Waals surface area contributed by atoms with E-state index in [2.05, 4.69) is 29.4 Å². The van der Waals surface area contributed by atoms with E-state index in [9.17, 15) is 0 Å². The largest absolute Gasteiger partial charge is 0.496 e. The number of benzene rings is 1. The van der Waals surface area contributed by atoms with Crippen molar-refractivity contribution >= 4 is 40.0 Å². The maximum absolute atomic E-state index is 5.59. The number of methoxy groups -OCH3 is 1. The topological polar surface area (TPSA) is 55.2 Å². The normalized spacial score (nSPS) is 11.1. The lowest BCUT2D eigenvalue weighted by Gasteiger charge is -2.15. The molecule has 0 amide bonds. The van der Waals surface area contributed by atoms with Crippen LogP contribution in [0.3, 0.4) is 0 Å². The minimum absolute atomic E-state index is 0. The molecular weight excluding hydrogens is 338 g/mol. The van der Waals surface area contributed by atoms with Crippen molar-refractivity contribution in [3.8, 4) is 5.75 Å². The van der Waals surface area contributed by atoms with Crippen molar-refractivity contribution in [1.29, 1.82) is 0 Å². The molecule has 7 heteroatoms. The Labute approximate surface area is 154 Å². The van der Waals surface area contributed by atoms with Crippen LogP contribution in [0.5, 0.6) is 5.75 Å². The molecule has 0 fully saturated rings. The Kier molecular flexibility index (Phi) is 6.08. The van der Waals surface area contributed by atoms with Crippen LogP contribution in [-0.4, -0.2) is 54.0 Å². The summed E-state index contributed by atoms with van der Waals surface area (Å²) < 4.78 is 7.43. The number of aromatic nitrogens is 3. The molecule has 136 valence electrons. The number of hydrogen-bond donors (Lipinski definition) is 1. The summed E-state index contributed by atoms with van der Waals surface area (Å²) in [7, 11) is 7.82. The lowest BCUT2D eigenvalue weighted by atomic mass is 10.1. The van der Waals surface area contributed by atoms with Gasteiger partial charge < -0.3 is 15.0 Å². The van der Waals surface area contributed by atoms with Crippen molar-refractivity contribution in [3.05, 3.63) is 23.9 Å². The molecular formula is C18H26ClN5O. The molecule has 0 aliphatic carbocycles. The molecule has 3 aromatic rings. The van der Waals surface area contributed by atoms with Crippen LogP contribution in [0.4, 0.5) is 5.69 Å². The third-order valence-electron chi connectivity index (χ3n) is 4.23. The highest BCUT2D eigenvalue weighted by Gasteiger charge is 2.18. The van der Waals surface area contributed by atoms with Gasteiger partial charge in [0, 0.05) is 13.6 Å². The van der Waals surface area contributed by atoms with Gasteiger partial charge in [0.15, 0.2) is 5.65 Å². The third-order valence-corrected chi connectivity index (χ3v) is 4.23. The van der Waals surface area contributed by atoms with Gasteiger partial charge in [0.1, 0.15) is 5.75 Å². The molecule has 0 radical (unpaired) electrons. The maximum Gasteiger partial charge on any atom is 0.160 e. The van der Waals surface area contributed by atoms with Crippen molar-refractivity contribution in [2.24, 2.45) is 7.05 Å². The number of pyridine rings is 1. The van der Waals surface area contributed by atoms with Gasteiger partial charge in [0.2, 0.25) is 0 Å². The van der Waals surface area contributed by atoms with Crippen LogP contribution < -0.4 is 10.1 Å². The van der Waals surface area contributed by atoms with Crippen LogP contribution in [0.2, 0.25) is 0 Å². The Morgan fingerprint density at radius 1 is 1.24 bits per heavy atom. The molecule has 1 N–H and O–H groups in total. The van der Waals surface area contributed by atoms with Gasteiger partial charge in [0.25, 0.3) is 0 Å². The zero-order chi connectivity index (χ0) is 17.3. The number of fused-ring (bicyclic) bond motifs is 2. The van der Waals surface area contributed by atoms with E-state index in [1.54, 1.807) is 7.11 Å². The lowest BCUT2D eigenvalue weighted by molar-refractivity contribution is 0.405. The summed E-state index contributed by atoms with van der Waals surface area (Å²) in [5.74, 6) is 0.834. The molecule has 0 saturated carbocycles. The standard InChI is InChI=1S/C18H25N5O.ClH/c1-12-15-17(19-10-7-11-22(2)3)16-13(8-6-9-14(16)24-5)20-18(15)23(4)21-12;/h6,8-9H,7,10-11H2,1-5H3,(H,19,20);1H. The SMILES string of the molecule is COc1cccc2nc3c(c(C)nn3C)c(NCCCN(C)C)c12.Cl. The van der Waals surface area contributed by atoms with Crippen LogP contribution >= 0.6 is 12.4 Å². The first-order valence-corrected chi connectivity index (χ1v) is 8.21. The number of anilines is 1. The van der Waals surface area contributed by atoms with Crippen LogP contribution in [0.1, 0.15) is 12.1 Å². The van der Waals surface area contributed by atoms with E-state index in [1.165, 1.54) is 0 Å². The second kappa shape index (κ2) is 7.89. The van der Waals surface area contributed by atoms with Gasteiger partial charge in [-0.3, -0.25) is 4.68 Å². The van der Waals surface area contributed by atoms with E-state index in [1.807, 2.05) is 36.9 Å². The van der Waals surface area contributed by atoms with E-state index in [4.69, 9.17) is 9.72 Å². The number of aryl methyl sites for hydroxylation is 2. The number of ether oxygens (including phenoxy) is 1. The first-order chi connectivity index (χ1) is 11.5. The third kappa shape index (κ3) is 3.65. The molecule has 2 heterocycles. The number of halogens is 1. The molecule has 0 spiro atoms. The van der Waals surface area contributed by atoms with E-state index >= 15 is 0 Å². The molecule has 3 rings (SSSR count). The fraction of sp³-hybridized carbons (Fsp3) is 0.444. The Morgan fingerprint density at radius 3 is 2.68 bits per heavy atom. The fourth-order valence-electron chi connectivity index (χ4n) is 3.13. The zero-order valence-corrected chi connectivity index (χ0v) is 16.3. The van der Waals surface area contributed by atoms with Gasteiger partial charge in [-0.15, -0.1) is 12.4 Å². The highest BCUT2D eigenvalue weighted by molar-refractivity contribution is 6.10. The Bertz CT molecular complexity index is 875. The molecule has 0 atom stereocenters. The molecule has 0 aliphatic heterocycles. The van der Waals surface area contributed by atoms with Crippen molar-refractivity contribution in [2.45, 2.75) is 13.3 Å². The van der Waals surface area contributed by atoms with Crippen molar-refractivity contribution < 1.29 is 4.74 Å². The summed E-state index contributed by atoms with van der Waals surface area (Å²) in [5.41, 5.74) is 3.85. The number of nitrogens with one attached hydrogen (secondary N) is 1. The van der Waals surface area contributed by atoms with Crippen LogP contribution in [0.15, 0.2) is 18.2 Å². The maximum atomic E-state index is 5.59. The summed E-state index contributed by atoms with van der Waals surface area (Å²) in [6.07, 6.45) is 1.06. The smallest absolute Gasteiger partial charge is 0.160 e. The summed E-state index contributed by atoms with van der Waals surface area (Å²) in [6.45, 7) is 3.96. The van der Waals surface area contributed by atoms with E-state index < -0.39 is 0 Å². The Morgan fingerprint density at radius 2 is 2.00 bits per heavy atom. The van der Waals surface area contributed by atoms with Gasteiger partial charge in [-0.2, -0.15) is 5.10 Å². The van der Waals surface area contributed by atoms with Gasteiger partial charge >= 0.3 is 0 Å². The monoisotopic (exact) mass is 363 g/mol. The molecule has 2 aromatic heterocycles. The van der Waals surface area contributed by atoms with Crippen molar-refractivity contribution in [1.82, 2.24) is 19.7 Å². The van der Waals surface area contributed by atoms with E-state index in [0.717, 1.165) is 58.6 Å². The molecule has 0 bridgehead atoms. The van der Waals surface area contributed by atoms with Gasteiger partial charge in [0.05, 0.1) is 34.8 Å². The molecule has 25 heavy (non-hydrogen) atoms. The van der Waals surface area contributed by atoms with Gasteiger partial charge in [-0.05, 0) is 46.1 Å². The minimum Gasteiger partial charge on any atom is -0.496 e. The molecule has 0 aliphatic rings. The van der Waals surface area contributed by atoms with E-state index in [0.29, 0.717) is 0 Å². The van der Waals surface area contributed by atoms with Crippen LogP contribution in [0.25, 0.3) is 21.9 Å². The predicted molar refractivity (Wildman–Crippen MR) is 106 cm³/mol. The fourth-order valence-corrected chi connectivity index (χ4v) is 3.13. The van der Waals surface area contributed by atoms with E-state index in [-0.39, 0.29) is 12.4 Å². The first-order valence-electron chi connectivity index (χ1n) is 8.21. The highest BCUT2D eigenvalue weighted by atomic mass is 35.5. The Hall–Kier alpha value is -2.05. The average Bonchev–Trinajstić information content (AvgIpc) is 2.84. The summed E-state index contributed by atoms with van der Waals surface area (Å²) in [5, 5.41) is 10.3. The second-order valence-corrected chi connectivity index (χ2v) is 6.33. The van der Waals surface area contributed by atoms with Crippen LogP contribution in [-0.2, 0) is 7.05 Å². The minimum atomic E-state index is 0. The summed E-state index contributed by atoms with van der Waals surface area (Å²) in [4.78, 5) is 6.99. The summed E-state index contributed by atoms with van der Waals surface area (Å²) in [6, 6.07) is 5.97. The van der Waals surface area contributed by atoms with Gasteiger partial charge in [-0.25, -0.2) is 4.98 Å². The molecule has 1 aromatic carbocycles. The lowest BCUT2D eigenvalue weighted by Crippen LogP contribution is -2.16. The molecule has 0 unspecified atom stereocenters. The first kappa shape index (κ1) is 19.3. The Balaban J connectivity index is 0.00000225. The molecule has 6 nitrogen and oxygen atoms in total. The number of hydrogen-bond acceptors (Lipinski definition) is 5. The van der Waals surface area contributed by atoms with Crippen molar-refractivity contribution in [2.75, 3.05) is 39.6 Å².